The zero-order chi connectivity index (χ0) is 14.5. The van der Waals surface area contributed by atoms with Crippen molar-refractivity contribution in [2.75, 3.05) is 6.54 Å². The van der Waals surface area contributed by atoms with Gasteiger partial charge in [0.25, 0.3) is 0 Å². The molecule has 0 radical (unpaired) electrons. The summed E-state index contributed by atoms with van der Waals surface area (Å²) in [5.74, 6) is -0.836. The fraction of sp³-hybridized carbons (Fsp3) is 0.286. The average Bonchev–Trinajstić information content (AvgIpc) is 2.81. The number of hydrogen-bond acceptors (Lipinski definition) is 3. The summed E-state index contributed by atoms with van der Waals surface area (Å²) in [6.45, 7) is 3.12. The number of nitrogens with one attached hydrogen (secondary N) is 1. The minimum atomic E-state index is -0.632. The van der Waals surface area contributed by atoms with E-state index in [1.807, 2.05) is 13.1 Å². The standard InChI is InChI=1S/C14H17FN4O/c1-10-8-18-19(9-10)7-6-17-13(14(16)20)11-2-4-12(15)5-3-11/h2-5,8-9,13,17H,6-7H2,1H3,(H2,16,20)/t13-/m1/s1. The van der Waals surface area contributed by atoms with Crippen molar-refractivity contribution in [2.24, 2.45) is 5.73 Å². The molecule has 3 N–H and O–H groups in total. The molecule has 0 unspecified atom stereocenters. The lowest BCUT2D eigenvalue weighted by Crippen LogP contribution is -2.35. The molecule has 0 aliphatic heterocycles. The molecule has 2 aromatic rings. The SMILES string of the molecule is Cc1cnn(CCN[C@@H](C(N)=O)c2ccc(F)cc2)c1. The molecular formula is C14H17FN4O. The van der Waals surface area contributed by atoms with Gasteiger partial charge in [0, 0.05) is 12.7 Å². The first kappa shape index (κ1) is 14.2. The summed E-state index contributed by atoms with van der Waals surface area (Å²) >= 11 is 0. The van der Waals surface area contributed by atoms with Crippen molar-refractivity contribution >= 4 is 5.91 Å². The van der Waals surface area contributed by atoms with Crippen molar-refractivity contribution in [1.82, 2.24) is 15.1 Å². The second kappa shape index (κ2) is 6.29. The minimum Gasteiger partial charge on any atom is -0.368 e. The van der Waals surface area contributed by atoms with Gasteiger partial charge in [-0.25, -0.2) is 4.39 Å². The van der Waals surface area contributed by atoms with E-state index in [1.165, 1.54) is 12.1 Å². The predicted molar refractivity (Wildman–Crippen MR) is 73.3 cm³/mol. The van der Waals surface area contributed by atoms with E-state index in [2.05, 4.69) is 10.4 Å². The van der Waals surface area contributed by atoms with E-state index >= 15 is 0 Å². The van der Waals surface area contributed by atoms with Crippen LogP contribution >= 0.6 is 0 Å². The smallest absolute Gasteiger partial charge is 0.239 e. The Bertz CT molecular complexity index is 579. The quantitative estimate of drug-likeness (QED) is 0.831. The Balaban J connectivity index is 1.96. The van der Waals surface area contributed by atoms with Crippen LogP contribution in [0.1, 0.15) is 17.2 Å². The largest absolute Gasteiger partial charge is 0.368 e. The lowest BCUT2D eigenvalue weighted by atomic mass is 10.1. The van der Waals surface area contributed by atoms with Crippen LogP contribution in [-0.2, 0) is 11.3 Å². The lowest BCUT2D eigenvalue weighted by molar-refractivity contribution is -0.120. The molecular weight excluding hydrogens is 259 g/mol. The molecule has 0 saturated heterocycles. The number of aryl methyl sites for hydroxylation is 1. The summed E-state index contributed by atoms with van der Waals surface area (Å²) in [4.78, 5) is 11.5. The summed E-state index contributed by atoms with van der Waals surface area (Å²) in [7, 11) is 0. The number of rotatable bonds is 6. The highest BCUT2D eigenvalue weighted by atomic mass is 19.1. The Kier molecular flexibility index (Phi) is 4.47. The fourth-order valence-electron chi connectivity index (χ4n) is 1.95. The van der Waals surface area contributed by atoms with Crippen LogP contribution in [0.4, 0.5) is 4.39 Å². The molecule has 1 aromatic carbocycles. The van der Waals surface area contributed by atoms with E-state index < -0.39 is 11.9 Å². The molecule has 0 saturated carbocycles. The molecule has 1 atom stereocenters. The molecule has 0 aliphatic carbocycles. The molecule has 5 nitrogen and oxygen atoms in total. The average molecular weight is 276 g/mol. The maximum atomic E-state index is 12.9. The fourth-order valence-corrected chi connectivity index (χ4v) is 1.95. The third kappa shape index (κ3) is 3.64. The molecule has 1 aromatic heterocycles. The molecule has 1 heterocycles. The van der Waals surface area contributed by atoms with Crippen molar-refractivity contribution in [2.45, 2.75) is 19.5 Å². The van der Waals surface area contributed by atoms with E-state index in [0.29, 0.717) is 18.7 Å². The van der Waals surface area contributed by atoms with Crippen LogP contribution in [0.5, 0.6) is 0 Å². The van der Waals surface area contributed by atoms with Crippen molar-refractivity contribution in [3.63, 3.8) is 0 Å². The topological polar surface area (TPSA) is 72.9 Å². The third-order valence-corrected chi connectivity index (χ3v) is 2.94. The summed E-state index contributed by atoms with van der Waals surface area (Å²) < 4.78 is 14.7. The Morgan fingerprint density at radius 3 is 2.70 bits per heavy atom. The summed E-state index contributed by atoms with van der Waals surface area (Å²) in [6, 6.07) is 5.09. The first-order valence-electron chi connectivity index (χ1n) is 6.33. The lowest BCUT2D eigenvalue weighted by Gasteiger charge is -2.15. The first-order valence-corrected chi connectivity index (χ1v) is 6.33. The van der Waals surface area contributed by atoms with E-state index in [0.717, 1.165) is 5.56 Å². The second-order valence-corrected chi connectivity index (χ2v) is 4.62. The monoisotopic (exact) mass is 276 g/mol. The van der Waals surface area contributed by atoms with Crippen LogP contribution in [0.3, 0.4) is 0 Å². The highest BCUT2D eigenvalue weighted by Gasteiger charge is 2.16. The molecule has 0 spiro atoms. The van der Waals surface area contributed by atoms with Gasteiger partial charge < -0.3 is 11.1 Å². The van der Waals surface area contributed by atoms with Gasteiger partial charge in [-0.1, -0.05) is 12.1 Å². The van der Waals surface area contributed by atoms with E-state index in [9.17, 15) is 9.18 Å². The van der Waals surface area contributed by atoms with Gasteiger partial charge in [0.2, 0.25) is 5.91 Å². The van der Waals surface area contributed by atoms with Gasteiger partial charge in [-0.2, -0.15) is 5.10 Å². The third-order valence-electron chi connectivity index (χ3n) is 2.94. The molecule has 0 bridgehead atoms. The number of carbonyl (C=O) groups is 1. The van der Waals surface area contributed by atoms with E-state index in [1.54, 1.807) is 23.0 Å². The van der Waals surface area contributed by atoms with Gasteiger partial charge in [-0.05, 0) is 30.2 Å². The first-order chi connectivity index (χ1) is 9.56. The molecule has 0 aliphatic rings. The molecule has 2 rings (SSSR count). The number of nitrogens with two attached hydrogens (primary N) is 1. The maximum absolute atomic E-state index is 12.9. The second-order valence-electron chi connectivity index (χ2n) is 4.62. The van der Waals surface area contributed by atoms with Crippen molar-refractivity contribution in [1.29, 1.82) is 0 Å². The summed E-state index contributed by atoms with van der Waals surface area (Å²) in [5.41, 5.74) is 7.10. The molecule has 20 heavy (non-hydrogen) atoms. The number of carbonyl (C=O) groups excluding carboxylic acids is 1. The highest BCUT2D eigenvalue weighted by Crippen LogP contribution is 2.13. The summed E-state index contributed by atoms with van der Waals surface area (Å²) in [6.07, 6.45) is 3.68. The van der Waals surface area contributed by atoms with Crippen molar-refractivity contribution in [3.8, 4) is 0 Å². The highest BCUT2D eigenvalue weighted by molar-refractivity contribution is 5.81. The number of nitrogens with zero attached hydrogens (tertiary/aromatic N) is 2. The van der Waals surface area contributed by atoms with Crippen molar-refractivity contribution in [3.05, 3.63) is 53.6 Å². The van der Waals surface area contributed by atoms with Gasteiger partial charge in [-0.15, -0.1) is 0 Å². The number of halogens is 1. The Morgan fingerprint density at radius 2 is 2.15 bits per heavy atom. The number of amides is 1. The Hall–Kier alpha value is -2.21. The van der Waals surface area contributed by atoms with Gasteiger partial charge in [0.15, 0.2) is 0 Å². The zero-order valence-electron chi connectivity index (χ0n) is 11.2. The van der Waals surface area contributed by atoms with E-state index in [-0.39, 0.29) is 5.82 Å². The van der Waals surface area contributed by atoms with Gasteiger partial charge >= 0.3 is 0 Å². The summed E-state index contributed by atoms with van der Waals surface area (Å²) in [5, 5.41) is 7.21. The Morgan fingerprint density at radius 1 is 1.45 bits per heavy atom. The molecule has 1 amide bonds. The number of hydrogen-bond donors (Lipinski definition) is 2. The molecule has 106 valence electrons. The van der Waals surface area contributed by atoms with Crippen LogP contribution < -0.4 is 11.1 Å². The van der Waals surface area contributed by atoms with Gasteiger partial charge in [-0.3, -0.25) is 9.48 Å². The van der Waals surface area contributed by atoms with Crippen LogP contribution in [0.2, 0.25) is 0 Å². The molecule has 6 heteroatoms. The van der Waals surface area contributed by atoms with Crippen LogP contribution in [0.25, 0.3) is 0 Å². The van der Waals surface area contributed by atoms with Crippen molar-refractivity contribution < 1.29 is 9.18 Å². The van der Waals surface area contributed by atoms with Crippen LogP contribution in [0.15, 0.2) is 36.7 Å². The predicted octanol–water partition coefficient (Wildman–Crippen LogP) is 1.15. The minimum absolute atomic E-state index is 0.344. The normalized spacial score (nSPS) is 12.3. The van der Waals surface area contributed by atoms with Gasteiger partial charge in [0.05, 0.1) is 12.7 Å². The van der Waals surface area contributed by atoms with Crippen LogP contribution in [0, 0.1) is 12.7 Å². The Labute approximate surface area is 116 Å². The van der Waals surface area contributed by atoms with E-state index in [4.69, 9.17) is 5.73 Å². The maximum Gasteiger partial charge on any atom is 0.239 e. The number of benzene rings is 1. The molecule has 0 fully saturated rings. The van der Waals surface area contributed by atoms with Gasteiger partial charge in [0.1, 0.15) is 11.9 Å². The number of aromatic nitrogens is 2. The zero-order valence-corrected chi connectivity index (χ0v) is 11.2. The van der Waals surface area contributed by atoms with Crippen LogP contribution in [-0.4, -0.2) is 22.2 Å². The number of primary amides is 1.